The second kappa shape index (κ2) is 5.65. The summed E-state index contributed by atoms with van der Waals surface area (Å²) in [4.78, 5) is 10.2. The predicted molar refractivity (Wildman–Crippen MR) is 76.5 cm³/mol. The molecule has 0 spiro atoms. The lowest BCUT2D eigenvalue weighted by Crippen LogP contribution is -2.18. The van der Waals surface area contributed by atoms with E-state index < -0.39 is 10.7 Å². The van der Waals surface area contributed by atoms with Gasteiger partial charge < -0.3 is 9.88 Å². The molecular weight excluding hydrogens is 273 g/mol. The molecule has 0 unspecified atom stereocenters. The first kappa shape index (κ1) is 13.8. The summed E-state index contributed by atoms with van der Waals surface area (Å²) in [5.74, 6) is -0.580. The Bertz CT molecular complexity index is 665. The quantitative estimate of drug-likeness (QED) is 0.657. The fraction of sp³-hybridized carbons (Fsp3) is 0.333. The monoisotopic (exact) mass is 289 g/mol. The Morgan fingerprint density at radius 1 is 1.38 bits per heavy atom. The molecule has 1 aromatic carbocycles. The van der Waals surface area contributed by atoms with Crippen molar-refractivity contribution in [3.8, 4) is 0 Å². The molecule has 0 saturated heterocycles. The van der Waals surface area contributed by atoms with Crippen LogP contribution in [0.2, 0.25) is 0 Å². The third kappa shape index (κ3) is 3.46. The average Bonchev–Trinajstić information content (AvgIpc) is 3.16. The van der Waals surface area contributed by atoms with Crippen molar-refractivity contribution < 1.29 is 9.31 Å². The van der Waals surface area contributed by atoms with Crippen LogP contribution >= 0.6 is 0 Å². The van der Waals surface area contributed by atoms with E-state index in [2.05, 4.69) is 5.32 Å². The number of halogens is 1. The minimum Gasteiger partial charge on any atom is -0.346 e. The van der Waals surface area contributed by atoms with E-state index in [0.717, 1.165) is 18.3 Å². The fourth-order valence-electron chi connectivity index (χ4n) is 2.33. The minimum absolute atomic E-state index is 0.213. The van der Waals surface area contributed by atoms with Gasteiger partial charge in [0.15, 0.2) is 0 Å². The normalized spacial score (nSPS) is 14.3. The van der Waals surface area contributed by atoms with Crippen LogP contribution in [0, 0.1) is 15.9 Å². The first-order valence-corrected chi connectivity index (χ1v) is 6.93. The number of non-ortho nitro benzene ring substituents is 1. The van der Waals surface area contributed by atoms with E-state index in [9.17, 15) is 14.5 Å². The number of nitro groups is 1. The molecule has 1 fully saturated rings. The molecule has 2 aromatic rings. The predicted octanol–water partition coefficient (Wildman–Crippen LogP) is 2.84. The van der Waals surface area contributed by atoms with Gasteiger partial charge in [-0.15, -0.1) is 0 Å². The van der Waals surface area contributed by atoms with Gasteiger partial charge in [-0.05, 0) is 36.6 Å². The molecule has 1 aliphatic carbocycles. The summed E-state index contributed by atoms with van der Waals surface area (Å²) >= 11 is 0. The van der Waals surface area contributed by atoms with Crippen LogP contribution < -0.4 is 5.32 Å². The van der Waals surface area contributed by atoms with Gasteiger partial charge in [0.25, 0.3) is 5.69 Å². The van der Waals surface area contributed by atoms with Crippen LogP contribution in [-0.2, 0) is 13.1 Å². The first-order valence-electron chi connectivity index (χ1n) is 6.93. The highest BCUT2D eigenvalue weighted by Gasteiger charge is 2.20. The van der Waals surface area contributed by atoms with Gasteiger partial charge >= 0.3 is 0 Å². The van der Waals surface area contributed by atoms with Gasteiger partial charge in [-0.3, -0.25) is 10.1 Å². The molecule has 5 nitrogen and oxygen atoms in total. The highest BCUT2D eigenvalue weighted by molar-refractivity contribution is 5.35. The smallest absolute Gasteiger partial charge is 0.272 e. The summed E-state index contributed by atoms with van der Waals surface area (Å²) < 4.78 is 15.4. The van der Waals surface area contributed by atoms with Crippen molar-refractivity contribution in [3.63, 3.8) is 0 Å². The molecule has 3 rings (SSSR count). The Kier molecular flexibility index (Phi) is 3.70. The molecule has 0 atom stereocenters. The van der Waals surface area contributed by atoms with Crippen molar-refractivity contribution in [1.29, 1.82) is 0 Å². The van der Waals surface area contributed by atoms with E-state index in [0.29, 0.717) is 18.2 Å². The largest absolute Gasteiger partial charge is 0.346 e. The Hall–Kier alpha value is -2.21. The fourth-order valence-corrected chi connectivity index (χ4v) is 2.33. The second-order valence-electron chi connectivity index (χ2n) is 5.36. The SMILES string of the molecule is O=[N+]([O-])c1cc(F)cc(Cn2cccc2CNC2CC2)c1. The summed E-state index contributed by atoms with van der Waals surface area (Å²) in [7, 11) is 0. The van der Waals surface area contributed by atoms with E-state index in [-0.39, 0.29) is 5.69 Å². The molecule has 1 N–H and O–H groups in total. The second-order valence-corrected chi connectivity index (χ2v) is 5.36. The van der Waals surface area contributed by atoms with Crippen molar-refractivity contribution in [3.05, 3.63) is 63.7 Å². The van der Waals surface area contributed by atoms with E-state index in [1.54, 1.807) is 0 Å². The molecule has 1 aliphatic rings. The highest BCUT2D eigenvalue weighted by Crippen LogP contribution is 2.20. The number of nitrogens with one attached hydrogen (secondary N) is 1. The van der Waals surface area contributed by atoms with Crippen molar-refractivity contribution >= 4 is 5.69 Å². The topological polar surface area (TPSA) is 60.1 Å². The summed E-state index contributed by atoms with van der Waals surface area (Å²) in [5, 5.41) is 14.2. The van der Waals surface area contributed by atoms with Crippen LogP contribution in [0.1, 0.15) is 24.1 Å². The molecule has 6 heteroatoms. The van der Waals surface area contributed by atoms with E-state index in [1.165, 1.54) is 25.0 Å². The van der Waals surface area contributed by atoms with Gasteiger partial charge in [-0.1, -0.05) is 0 Å². The molecule has 1 heterocycles. The number of hydrogen-bond acceptors (Lipinski definition) is 3. The van der Waals surface area contributed by atoms with Crippen LogP contribution in [0.5, 0.6) is 0 Å². The summed E-state index contributed by atoms with van der Waals surface area (Å²) in [6, 6.07) is 8.24. The third-order valence-electron chi connectivity index (χ3n) is 3.58. The lowest BCUT2D eigenvalue weighted by atomic mass is 10.2. The van der Waals surface area contributed by atoms with Gasteiger partial charge in [-0.2, -0.15) is 0 Å². The molecule has 110 valence electrons. The van der Waals surface area contributed by atoms with Crippen LogP contribution in [0.4, 0.5) is 10.1 Å². The highest BCUT2D eigenvalue weighted by atomic mass is 19.1. The van der Waals surface area contributed by atoms with Crippen LogP contribution in [0.3, 0.4) is 0 Å². The molecule has 0 aliphatic heterocycles. The minimum atomic E-state index is -0.580. The molecule has 1 aromatic heterocycles. The zero-order valence-corrected chi connectivity index (χ0v) is 11.5. The van der Waals surface area contributed by atoms with Crippen LogP contribution in [-0.4, -0.2) is 15.5 Å². The van der Waals surface area contributed by atoms with Crippen molar-refractivity contribution in [2.24, 2.45) is 0 Å². The van der Waals surface area contributed by atoms with Gasteiger partial charge in [-0.25, -0.2) is 4.39 Å². The van der Waals surface area contributed by atoms with E-state index in [4.69, 9.17) is 0 Å². The molecule has 0 bridgehead atoms. The van der Waals surface area contributed by atoms with Gasteiger partial charge in [0.05, 0.1) is 11.0 Å². The third-order valence-corrected chi connectivity index (χ3v) is 3.58. The first-order chi connectivity index (χ1) is 10.1. The van der Waals surface area contributed by atoms with Crippen LogP contribution in [0.15, 0.2) is 36.5 Å². The molecule has 1 saturated carbocycles. The van der Waals surface area contributed by atoms with E-state index in [1.807, 2.05) is 22.9 Å². The summed E-state index contributed by atoms with van der Waals surface area (Å²) in [6.45, 7) is 1.18. The van der Waals surface area contributed by atoms with Crippen molar-refractivity contribution in [1.82, 2.24) is 9.88 Å². The zero-order chi connectivity index (χ0) is 14.8. The average molecular weight is 289 g/mol. The number of benzene rings is 1. The molecule has 21 heavy (non-hydrogen) atoms. The van der Waals surface area contributed by atoms with Gasteiger partial charge in [0, 0.05) is 37.1 Å². The maximum absolute atomic E-state index is 13.5. The standard InChI is InChI=1S/C15H16FN3O2/c16-12-6-11(7-15(8-12)19(20)21)10-18-5-1-2-14(18)9-17-13-3-4-13/h1-2,5-8,13,17H,3-4,9-10H2. The Balaban J connectivity index is 1.76. The Morgan fingerprint density at radius 2 is 2.19 bits per heavy atom. The molecule has 0 radical (unpaired) electrons. The maximum atomic E-state index is 13.5. The number of aromatic nitrogens is 1. The lowest BCUT2D eigenvalue weighted by Gasteiger charge is -2.10. The van der Waals surface area contributed by atoms with Crippen molar-refractivity contribution in [2.75, 3.05) is 0 Å². The zero-order valence-electron chi connectivity index (χ0n) is 11.5. The molecular formula is C15H16FN3O2. The lowest BCUT2D eigenvalue weighted by molar-refractivity contribution is -0.385. The van der Waals surface area contributed by atoms with E-state index >= 15 is 0 Å². The summed E-state index contributed by atoms with van der Waals surface area (Å²) in [5.41, 5.74) is 1.47. The Morgan fingerprint density at radius 3 is 2.90 bits per heavy atom. The van der Waals surface area contributed by atoms with Crippen LogP contribution in [0.25, 0.3) is 0 Å². The maximum Gasteiger partial charge on any atom is 0.272 e. The molecule has 0 amide bonds. The number of rotatable bonds is 6. The van der Waals surface area contributed by atoms with Gasteiger partial charge in [0.2, 0.25) is 0 Å². The summed E-state index contributed by atoms with van der Waals surface area (Å²) in [6.07, 6.45) is 4.34. The number of hydrogen-bond donors (Lipinski definition) is 1. The Labute approximate surface area is 121 Å². The van der Waals surface area contributed by atoms with Gasteiger partial charge in [0.1, 0.15) is 5.82 Å². The number of nitro benzene ring substituents is 1. The van der Waals surface area contributed by atoms with Crippen molar-refractivity contribution in [2.45, 2.75) is 32.0 Å². The number of nitrogens with zero attached hydrogens (tertiary/aromatic N) is 2.